The fourth-order valence-electron chi connectivity index (χ4n) is 1.36. The van der Waals surface area contributed by atoms with E-state index >= 15 is 0 Å². The smallest absolute Gasteiger partial charge is 0.326 e. The zero-order valence-electron chi connectivity index (χ0n) is 9.77. The first-order valence-corrected chi connectivity index (χ1v) is 4.91. The number of carbonyl (C=O) groups excluding carboxylic acids is 1. The number of likely N-dealkylation sites (N-methyl/N-ethyl adjacent to an activating group) is 1. The molecule has 0 aromatic carbocycles. The van der Waals surface area contributed by atoms with Crippen molar-refractivity contribution in [3.8, 4) is 0 Å². The van der Waals surface area contributed by atoms with E-state index in [0.29, 0.717) is 11.3 Å². The van der Waals surface area contributed by atoms with Gasteiger partial charge in [0.1, 0.15) is 11.8 Å². The summed E-state index contributed by atoms with van der Waals surface area (Å²) >= 11 is 0. The van der Waals surface area contributed by atoms with Crippen LogP contribution in [-0.2, 0) is 4.79 Å². The molecule has 1 N–H and O–H groups in total. The highest BCUT2D eigenvalue weighted by Crippen LogP contribution is 2.16. The topological polar surface area (TPSA) is 70.8 Å². The van der Waals surface area contributed by atoms with Gasteiger partial charge in [-0.3, -0.25) is 4.79 Å². The van der Waals surface area contributed by atoms with Crippen molar-refractivity contribution < 1.29 is 19.1 Å². The van der Waals surface area contributed by atoms with Crippen molar-refractivity contribution in [1.82, 2.24) is 4.90 Å². The van der Waals surface area contributed by atoms with Gasteiger partial charge < -0.3 is 14.4 Å². The SMILES string of the molecule is Cc1cc(C)c(C(=O)N(C)C(C)C(=O)O)o1. The molecule has 1 aromatic rings. The molecule has 16 heavy (non-hydrogen) atoms. The Labute approximate surface area is 93.7 Å². The van der Waals surface area contributed by atoms with Crippen LogP contribution in [0.3, 0.4) is 0 Å². The Hall–Kier alpha value is -1.78. The second kappa shape index (κ2) is 4.38. The summed E-state index contributed by atoms with van der Waals surface area (Å²) in [6, 6.07) is 0.865. The first-order valence-electron chi connectivity index (χ1n) is 4.91. The van der Waals surface area contributed by atoms with Gasteiger partial charge >= 0.3 is 5.97 Å². The highest BCUT2D eigenvalue weighted by atomic mass is 16.4. The fraction of sp³-hybridized carbons (Fsp3) is 0.455. The van der Waals surface area contributed by atoms with E-state index in [1.165, 1.54) is 14.0 Å². The van der Waals surface area contributed by atoms with Crippen molar-refractivity contribution in [2.45, 2.75) is 26.8 Å². The third-order valence-corrected chi connectivity index (χ3v) is 2.49. The zero-order chi connectivity index (χ0) is 12.5. The van der Waals surface area contributed by atoms with E-state index in [2.05, 4.69) is 0 Å². The number of rotatable bonds is 3. The summed E-state index contributed by atoms with van der Waals surface area (Å²) in [7, 11) is 1.44. The number of aliphatic carboxylic acids is 1. The van der Waals surface area contributed by atoms with Crippen LogP contribution in [0.2, 0.25) is 0 Å². The van der Waals surface area contributed by atoms with Gasteiger partial charge in [-0.05, 0) is 26.8 Å². The molecule has 0 saturated carbocycles. The Morgan fingerprint density at radius 2 is 2.00 bits per heavy atom. The second-order valence-corrected chi connectivity index (χ2v) is 3.80. The van der Waals surface area contributed by atoms with Gasteiger partial charge in [0, 0.05) is 12.6 Å². The fourth-order valence-corrected chi connectivity index (χ4v) is 1.36. The molecule has 1 aromatic heterocycles. The molecule has 0 radical (unpaired) electrons. The van der Waals surface area contributed by atoms with Crippen molar-refractivity contribution in [3.63, 3.8) is 0 Å². The number of amides is 1. The van der Waals surface area contributed by atoms with E-state index in [0.717, 1.165) is 4.90 Å². The van der Waals surface area contributed by atoms with Gasteiger partial charge in [0.15, 0.2) is 5.76 Å². The molecule has 1 atom stereocenters. The standard InChI is InChI=1S/C11H15NO4/c1-6-5-7(2)16-9(6)10(13)12(4)8(3)11(14)15/h5,8H,1-4H3,(H,14,15). The highest BCUT2D eigenvalue weighted by Gasteiger charge is 2.26. The number of carboxylic acids is 1. The summed E-state index contributed by atoms with van der Waals surface area (Å²) in [6.07, 6.45) is 0. The summed E-state index contributed by atoms with van der Waals surface area (Å²) in [5, 5.41) is 8.80. The number of hydrogen-bond acceptors (Lipinski definition) is 3. The van der Waals surface area contributed by atoms with Crippen LogP contribution in [0, 0.1) is 13.8 Å². The maximum absolute atomic E-state index is 11.9. The third-order valence-electron chi connectivity index (χ3n) is 2.49. The van der Waals surface area contributed by atoms with Crippen molar-refractivity contribution in [3.05, 3.63) is 23.2 Å². The molecule has 0 saturated heterocycles. The van der Waals surface area contributed by atoms with Crippen molar-refractivity contribution in [2.24, 2.45) is 0 Å². The van der Waals surface area contributed by atoms with E-state index in [9.17, 15) is 9.59 Å². The number of hydrogen-bond donors (Lipinski definition) is 1. The lowest BCUT2D eigenvalue weighted by Gasteiger charge is -2.20. The Morgan fingerprint density at radius 1 is 1.44 bits per heavy atom. The Balaban J connectivity index is 2.94. The third kappa shape index (κ3) is 2.24. The molecule has 0 spiro atoms. The molecule has 0 aliphatic rings. The normalized spacial score (nSPS) is 12.2. The van der Waals surface area contributed by atoms with Gasteiger partial charge in [-0.2, -0.15) is 0 Å². The zero-order valence-corrected chi connectivity index (χ0v) is 9.77. The van der Waals surface area contributed by atoms with E-state index < -0.39 is 17.9 Å². The first kappa shape index (κ1) is 12.3. The van der Waals surface area contributed by atoms with Crippen LogP contribution in [0.5, 0.6) is 0 Å². The molecule has 0 fully saturated rings. The summed E-state index contributed by atoms with van der Waals surface area (Å²) in [5.74, 6) is -0.623. The van der Waals surface area contributed by atoms with Crippen LogP contribution in [0.1, 0.15) is 28.8 Å². The average Bonchev–Trinajstić information content (AvgIpc) is 2.54. The predicted molar refractivity (Wildman–Crippen MR) is 57.4 cm³/mol. The summed E-state index contributed by atoms with van der Waals surface area (Å²) < 4.78 is 5.24. The molecule has 1 unspecified atom stereocenters. The highest BCUT2D eigenvalue weighted by molar-refractivity contribution is 5.95. The Kier molecular flexibility index (Phi) is 3.37. The minimum Gasteiger partial charge on any atom is -0.480 e. The Bertz CT molecular complexity index is 422. The number of aryl methyl sites for hydroxylation is 2. The predicted octanol–water partition coefficient (Wildman–Crippen LogP) is 1.44. The first-order chi connectivity index (χ1) is 7.34. The quantitative estimate of drug-likeness (QED) is 0.845. The molecule has 1 rings (SSSR count). The van der Waals surface area contributed by atoms with E-state index in [1.54, 1.807) is 19.9 Å². The molecular weight excluding hydrogens is 210 g/mol. The maximum atomic E-state index is 11.9. The lowest BCUT2D eigenvalue weighted by atomic mass is 10.2. The van der Waals surface area contributed by atoms with Gasteiger partial charge in [-0.15, -0.1) is 0 Å². The minimum absolute atomic E-state index is 0.202. The van der Waals surface area contributed by atoms with Gasteiger partial charge in [0.25, 0.3) is 5.91 Å². The van der Waals surface area contributed by atoms with E-state index in [1.807, 2.05) is 0 Å². The summed E-state index contributed by atoms with van der Waals surface area (Å²) in [6.45, 7) is 4.94. The molecular formula is C11H15NO4. The number of furan rings is 1. The monoisotopic (exact) mass is 225 g/mol. The van der Waals surface area contributed by atoms with Crippen LogP contribution >= 0.6 is 0 Å². The van der Waals surface area contributed by atoms with Crippen LogP contribution in [0.15, 0.2) is 10.5 Å². The molecule has 0 aliphatic heterocycles. The summed E-state index contributed by atoms with van der Waals surface area (Å²) in [4.78, 5) is 23.8. The van der Waals surface area contributed by atoms with Gasteiger partial charge in [-0.1, -0.05) is 0 Å². The van der Waals surface area contributed by atoms with Crippen LogP contribution in [0.25, 0.3) is 0 Å². The van der Waals surface area contributed by atoms with Crippen LogP contribution in [-0.4, -0.2) is 35.0 Å². The number of carbonyl (C=O) groups is 2. The molecule has 1 heterocycles. The maximum Gasteiger partial charge on any atom is 0.326 e. The molecule has 88 valence electrons. The molecule has 5 heteroatoms. The van der Waals surface area contributed by atoms with Crippen LogP contribution < -0.4 is 0 Å². The Morgan fingerprint density at radius 3 is 2.38 bits per heavy atom. The number of carboxylic acid groups (broad SMARTS) is 1. The minimum atomic E-state index is -1.04. The second-order valence-electron chi connectivity index (χ2n) is 3.80. The van der Waals surface area contributed by atoms with Crippen molar-refractivity contribution >= 4 is 11.9 Å². The largest absolute Gasteiger partial charge is 0.480 e. The molecule has 5 nitrogen and oxygen atoms in total. The van der Waals surface area contributed by atoms with Crippen molar-refractivity contribution in [1.29, 1.82) is 0 Å². The van der Waals surface area contributed by atoms with Gasteiger partial charge in [-0.25, -0.2) is 4.79 Å². The molecule has 0 aliphatic carbocycles. The van der Waals surface area contributed by atoms with Crippen LogP contribution in [0.4, 0.5) is 0 Å². The van der Waals surface area contributed by atoms with Gasteiger partial charge in [0.2, 0.25) is 0 Å². The lowest BCUT2D eigenvalue weighted by Crippen LogP contribution is -2.40. The molecule has 1 amide bonds. The number of nitrogens with zero attached hydrogens (tertiary/aromatic N) is 1. The molecule has 0 bridgehead atoms. The lowest BCUT2D eigenvalue weighted by molar-refractivity contribution is -0.141. The van der Waals surface area contributed by atoms with Gasteiger partial charge in [0.05, 0.1) is 0 Å². The van der Waals surface area contributed by atoms with E-state index in [-0.39, 0.29) is 5.76 Å². The van der Waals surface area contributed by atoms with E-state index in [4.69, 9.17) is 9.52 Å². The summed E-state index contributed by atoms with van der Waals surface area (Å²) in [5.41, 5.74) is 0.715. The average molecular weight is 225 g/mol. The van der Waals surface area contributed by atoms with Crippen molar-refractivity contribution in [2.75, 3.05) is 7.05 Å².